The van der Waals surface area contributed by atoms with Gasteiger partial charge >= 0.3 is 5.97 Å². The van der Waals surface area contributed by atoms with Gasteiger partial charge in [0.15, 0.2) is 22.9 Å². The van der Waals surface area contributed by atoms with Gasteiger partial charge in [0.2, 0.25) is 11.5 Å². The molecule has 1 unspecified atom stereocenters. The van der Waals surface area contributed by atoms with Crippen molar-refractivity contribution < 1.29 is 38.1 Å². The SMILES string of the molecule is CC1(C)OC2C[C@H]3[C@@H]4C[C@H](F)C5=CC(=O)C6=C(O6)[C@]5(C)[C@H]4CC[C@]3(C)[C@]2(C(=O)CCC(=O)O)O1. The number of allylic oxidation sites excluding steroid dienone is 2. The first kappa shape index (κ1) is 22.4. The lowest BCUT2D eigenvalue weighted by atomic mass is 9.46. The Hall–Kier alpha value is -2.06. The summed E-state index contributed by atoms with van der Waals surface area (Å²) in [5.74, 6) is -1.45. The van der Waals surface area contributed by atoms with E-state index in [4.69, 9.17) is 14.2 Å². The highest BCUT2D eigenvalue weighted by atomic mass is 19.1. The molecule has 3 saturated carbocycles. The molecule has 6 aliphatic rings. The van der Waals surface area contributed by atoms with E-state index in [-0.39, 0.29) is 48.6 Å². The van der Waals surface area contributed by atoms with E-state index in [2.05, 4.69) is 6.92 Å². The van der Waals surface area contributed by atoms with E-state index >= 15 is 4.39 Å². The van der Waals surface area contributed by atoms with Crippen molar-refractivity contribution in [3.63, 3.8) is 0 Å². The third kappa shape index (κ3) is 2.56. The molecule has 0 aromatic heterocycles. The molecule has 2 heterocycles. The minimum atomic E-state index is -1.26. The first-order valence-corrected chi connectivity index (χ1v) is 12.3. The summed E-state index contributed by atoms with van der Waals surface area (Å²) in [5, 5.41) is 9.20. The van der Waals surface area contributed by atoms with E-state index in [0.29, 0.717) is 29.9 Å². The molecule has 0 bridgehead atoms. The Morgan fingerprint density at radius 1 is 1.15 bits per heavy atom. The number of halogens is 1. The summed E-state index contributed by atoms with van der Waals surface area (Å²) < 4.78 is 34.0. The first-order valence-electron chi connectivity index (χ1n) is 12.3. The normalized spacial score (nSPS) is 47.5. The average Bonchev–Trinajstić information content (AvgIpc) is 3.46. The van der Waals surface area contributed by atoms with Crippen molar-refractivity contribution in [3.8, 4) is 0 Å². The van der Waals surface area contributed by atoms with Crippen molar-refractivity contribution in [1.82, 2.24) is 0 Å². The van der Waals surface area contributed by atoms with Gasteiger partial charge in [-0.1, -0.05) is 6.92 Å². The van der Waals surface area contributed by atoms with Crippen LogP contribution in [0.4, 0.5) is 4.39 Å². The molecule has 0 spiro atoms. The Labute approximate surface area is 197 Å². The van der Waals surface area contributed by atoms with Crippen LogP contribution in [0.3, 0.4) is 0 Å². The molecule has 8 atom stereocenters. The Balaban J connectivity index is 1.40. The quantitative estimate of drug-likeness (QED) is 0.660. The summed E-state index contributed by atoms with van der Waals surface area (Å²) >= 11 is 0. The van der Waals surface area contributed by atoms with Crippen LogP contribution in [0.5, 0.6) is 0 Å². The molecule has 184 valence electrons. The number of aliphatic carboxylic acids is 1. The predicted octanol–water partition coefficient (Wildman–Crippen LogP) is 3.86. The fourth-order valence-corrected chi connectivity index (χ4v) is 8.57. The molecule has 0 aromatic rings. The highest BCUT2D eigenvalue weighted by Crippen LogP contribution is 2.72. The summed E-state index contributed by atoms with van der Waals surface area (Å²) in [6, 6.07) is 0. The molecule has 0 amide bonds. The van der Waals surface area contributed by atoms with Gasteiger partial charge in [-0.05, 0) is 75.9 Å². The lowest BCUT2D eigenvalue weighted by Crippen LogP contribution is -2.61. The van der Waals surface area contributed by atoms with E-state index in [1.807, 2.05) is 6.92 Å². The van der Waals surface area contributed by atoms with E-state index < -0.39 is 40.5 Å². The van der Waals surface area contributed by atoms with Gasteiger partial charge in [0.05, 0.1) is 17.9 Å². The third-order valence-electron chi connectivity index (χ3n) is 9.92. The summed E-state index contributed by atoms with van der Waals surface area (Å²) in [6.07, 6.45) is 1.56. The number of hydrogen-bond acceptors (Lipinski definition) is 6. The average molecular weight is 475 g/mol. The number of carboxylic acid groups (broad SMARTS) is 1. The van der Waals surface area contributed by atoms with Crippen molar-refractivity contribution in [3.05, 3.63) is 23.2 Å². The van der Waals surface area contributed by atoms with Crippen LogP contribution in [0.1, 0.15) is 66.2 Å². The molecule has 2 aliphatic heterocycles. The molecule has 6 rings (SSSR count). The molecule has 7 nitrogen and oxygen atoms in total. The lowest BCUT2D eigenvalue weighted by Gasteiger charge is -2.58. The standard InChI is InChI=1S/C26H31FO7/c1-23(2)33-19-11-14-12-9-16(27)15-10-17(28)21-22(32-21)25(15,4)13(12)7-8-24(14,3)26(19,34-23)18(29)5-6-20(30)31/h10,12-14,16,19H,5-9,11H2,1-4H3,(H,30,31)/t12-,13+,14+,16+,19?,24+,25-,26-/m1/s1. The van der Waals surface area contributed by atoms with Crippen LogP contribution in [-0.4, -0.2) is 46.3 Å². The Bertz CT molecular complexity index is 1090. The molecule has 4 fully saturated rings. The molecule has 8 heteroatoms. The lowest BCUT2D eigenvalue weighted by molar-refractivity contribution is -0.215. The van der Waals surface area contributed by atoms with Gasteiger partial charge in [-0.2, -0.15) is 0 Å². The summed E-state index contributed by atoms with van der Waals surface area (Å²) in [7, 11) is 0. The van der Waals surface area contributed by atoms with Gasteiger partial charge in [-0.3, -0.25) is 14.4 Å². The van der Waals surface area contributed by atoms with Crippen molar-refractivity contribution in [2.75, 3.05) is 0 Å². The second kappa shape index (κ2) is 6.58. The molecular weight excluding hydrogens is 443 g/mol. The predicted molar refractivity (Wildman–Crippen MR) is 116 cm³/mol. The highest BCUT2D eigenvalue weighted by Gasteiger charge is 2.76. The Morgan fingerprint density at radius 2 is 1.88 bits per heavy atom. The van der Waals surface area contributed by atoms with Gasteiger partial charge in [0.1, 0.15) is 6.17 Å². The van der Waals surface area contributed by atoms with Crippen LogP contribution in [-0.2, 0) is 28.6 Å². The Morgan fingerprint density at radius 3 is 2.59 bits per heavy atom. The van der Waals surface area contributed by atoms with Crippen LogP contribution in [0.2, 0.25) is 0 Å². The maximum absolute atomic E-state index is 15.7. The highest BCUT2D eigenvalue weighted by molar-refractivity contribution is 6.07. The number of fused-ring (bicyclic) bond motifs is 8. The molecule has 0 radical (unpaired) electrons. The zero-order valence-electron chi connectivity index (χ0n) is 20.0. The minimum absolute atomic E-state index is 0.0295. The number of Topliss-reactive ketones (excluding diaryl/α,β-unsaturated/α-hetero) is 1. The smallest absolute Gasteiger partial charge is 0.303 e. The maximum atomic E-state index is 15.7. The monoisotopic (exact) mass is 474 g/mol. The largest absolute Gasteiger partial charge is 0.481 e. The van der Waals surface area contributed by atoms with Gasteiger partial charge in [-0.25, -0.2) is 4.39 Å². The van der Waals surface area contributed by atoms with E-state index in [9.17, 15) is 19.5 Å². The van der Waals surface area contributed by atoms with Gasteiger partial charge in [0.25, 0.3) is 0 Å². The number of alkyl halides is 1. The second-order valence-electron chi connectivity index (χ2n) is 11.9. The van der Waals surface area contributed by atoms with Crippen LogP contribution in [0.25, 0.3) is 0 Å². The van der Waals surface area contributed by atoms with Crippen molar-refractivity contribution in [2.24, 2.45) is 28.6 Å². The van der Waals surface area contributed by atoms with E-state index in [1.54, 1.807) is 13.8 Å². The van der Waals surface area contributed by atoms with Crippen LogP contribution in [0, 0.1) is 28.6 Å². The van der Waals surface area contributed by atoms with Crippen LogP contribution < -0.4 is 0 Å². The van der Waals surface area contributed by atoms with Crippen molar-refractivity contribution in [1.29, 1.82) is 0 Å². The summed E-state index contributed by atoms with van der Waals surface area (Å²) in [5.41, 5.74) is -1.97. The first-order chi connectivity index (χ1) is 15.8. The number of rotatable bonds is 4. The van der Waals surface area contributed by atoms with Crippen molar-refractivity contribution in [2.45, 2.75) is 89.9 Å². The fourth-order valence-electron chi connectivity index (χ4n) is 8.57. The summed E-state index contributed by atoms with van der Waals surface area (Å²) in [6.45, 7) is 7.63. The maximum Gasteiger partial charge on any atom is 0.303 e. The zero-order chi connectivity index (χ0) is 24.4. The second-order valence-corrected chi connectivity index (χ2v) is 11.9. The number of carbonyl (C=O) groups is 3. The van der Waals surface area contributed by atoms with E-state index in [1.165, 1.54) is 6.08 Å². The molecule has 0 aromatic carbocycles. The fraction of sp³-hybridized carbons (Fsp3) is 0.731. The van der Waals surface area contributed by atoms with E-state index in [0.717, 1.165) is 6.42 Å². The molecule has 1 saturated heterocycles. The number of ether oxygens (including phenoxy) is 3. The summed E-state index contributed by atoms with van der Waals surface area (Å²) in [4.78, 5) is 37.2. The topological polar surface area (TPSA) is 102 Å². The Kier molecular flexibility index (Phi) is 4.33. The third-order valence-corrected chi connectivity index (χ3v) is 9.92. The number of hydrogen-bond donors (Lipinski definition) is 1. The molecule has 4 aliphatic carbocycles. The molecule has 1 N–H and O–H groups in total. The number of carboxylic acids is 1. The van der Waals surface area contributed by atoms with Crippen LogP contribution in [0.15, 0.2) is 23.2 Å². The molecular formula is C26H31FO7. The van der Waals surface area contributed by atoms with Crippen molar-refractivity contribution >= 4 is 17.5 Å². The number of ketones is 2. The van der Waals surface area contributed by atoms with Gasteiger partial charge in [0, 0.05) is 11.8 Å². The minimum Gasteiger partial charge on any atom is -0.481 e. The van der Waals surface area contributed by atoms with Crippen LogP contribution >= 0.6 is 0 Å². The van der Waals surface area contributed by atoms with Gasteiger partial charge < -0.3 is 19.3 Å². The zero-order valence-corrected chi connectivity index (χ0v) is 20.0. The molecule has 34 heavy (non-hydrogen) atoms. The van der Waals surface area contributed by atoms with Gasteiger partial charge in [-0.15, -0.1) is 0 Å². The number of carbonyl (C=O) groups excluding carboxylic acids is 2.